The molecule has 0 spiro atoms. The Hall–Kier alpha value is -0.860. The third-order valence-electron chi connectivity index (χ3n) is 1.30. The maximum absolute atomic E-state index is 5.78. The van der Waals surface area contributed by atoms with E-state index in [1.165, 1.54) is 11.3 Å². The van der Waals surface area contributed by atoms with Gasteiger partial charge in [-0.25, -0.2) is 0 Å². The number of hydrogen-bond acceptors (Lipinski definition) is 2. The first-order valence-electron chi connectivity index (χ1n) is 3.74. The Bertz CT molecular complexity index is 363. The van der Waals surface area contributed by atoms with Crippen LogP contribution in [0.4, 0.5) is 0 Å². The van der Waals surface area contributed by atoms with Crippen LogP contribution in [0.2, 0.25) is 4.34 Å². The minimum Gasteiger partial charge on any atom is -0.256 e. The fraction of sp³-hybridized carbons (Fsp3) is 0.100. The highest BCUT2D eigenvalue weighted by Gasteiger charge is 1.99. The lowest BCUT2D eigenvalue weighted by atomic mass is 10.3. The summed E-state index contributed by atoms with van der Waals surface area (Å²) in [6, 6.07) is 3.74. The van der Waals surface area contributed by atoms with Crippen LogP contribution in [0.1, 0.15) is 11.8 Å². The summed E-state index contributed by atoms with van der Waals surface area (Å²) in [6.07, 6.45) is 1.69. The smallest absolute Gasteiger partial charge is 0.0935 e. The van der Waals surface area contributed by atoms with Gasteiger partial charge < -0.3 is 0 Å². The van der Waals surface area contributed by atoms with Crippen molar-refractivity contribution in [3.05, 3.63) is 40.1 Å². The highest BCUT2D eigenvalue weighted by molar-refractivity contribution is 7.17. The zero-order valence-corrected chi connectivity index (χ0v) is 8.95. The summed E-state index contributed by atoms with van der Waals surface area (Å²) >= 11 is 7.25. The van der Waals surface area contributed by atoms with E-state index >= 15 is 0 Å². The van der Waals surface area contributed by atoms with E-state index in [2.05, 4.69) is 18.2 Å². The van der Waals surface area contributed by atoms with Gasteiger partial charge in [-0.05, 0) is 24.6 Å². The van der Waals surface area contributed by atoms with Crippen LogP contribution >= 0.6 is 22.9 Å². The van der Waals surface area contributed by atoms with E-state index in [9.17, 15) is 0 Å². The first kappa shape index (κ1) is 10.2. The minimum atomic E-state index is 0.722. The van der Waals surface area contributed by atoms with Gasteiger partial charge in [-0.3, -0.25) is 4.99 Å². The minimum absolute atomic E-state index is 0.722. The van der Waals surface area contributed by atoms with Gasteiger partial charge in [0.1, 0.15) is 0 Å². The van der Waals surface area contributed by atoms with Crippen molar-refractivity contribution >= 4 is 34.8 Å². The average Bonchev–Trinajstić information content (AvgIpc) is 2.47. The molecular formula is C10H10ClNS. The molecule has 0 saturated heterocycles. The van der Waals surface area contributed by atoms with Gasteiger partial charge in [0.2, 0.25) is 0 Å². The van der Waals surface area contributed by atoms with Crippen molar-refractivity contribution in [2.45, 2.75) is 6.92 Å². The summed E-state index contributed by atoms with van der Waals surface area (Å²) in [6.45, 7) is 9.42. The molecule has 0 N–H and O–H groups in total. The summed E-state index contributed by atoms with van der Waals surface area (Å²) in [5, 5.41) is 0. The van der Waals surface area contributed by atoms with Gasteiger partial charge in [-0.2, -0.15) is 0 Å². The molecule has 68 valence electrons. The molecule has 0 aliphatic carbocycles. The summed E-state index contributed by atoms with van der Waals surface area (Å²) in [4.78, 5) is 5.13. The number of hydrogen-bond donors (Lipinski definition) is 0. The number of allylic oxidation sites excluding steroid dienone is 1. The Morgan fingerprint density at radius 3 is 2.69 bits per heavy atom. The second-order valence-corrected chi connectivity index (χ2v) is 4.37. The van der Waals surface area contributed by atoms with Gasteiger partial charge >= 0.3 is 0 Å². The molecule has 1 rings (SSSR count). The Labute approximate surface area is 87.1 Å². The Morgan fingerprint density at radius 2 is 2.23 bits per heavy atom. The lowest BCUT2D eigenvalue weighted by Crippen LogP contribution is -1.76. The topological polar surface area (TPSA) is 12.4 Å². The van der Waals surface area contributed by atoms with Crippen LogP contribution in [0.3, 0.4) is 0 Å². The molecule has 0 saturated carbocycles. The van der Waals surface area contributed by atoms with Crippen LogP contribution in [-0.4, -0.2) is 6.21 Å². The third-order valence-corrected chi connectivity index (χ3v) is 2.58. The predicted octanol–water partition coefficient (Wildman–Crippen LogP) is 4.02. The van der Waals surface area contributed by atoms with E-state index in [0.29, 0.717) is 0 Å². The van der Waals surface area contributed by atoms with E-state index < -0.39 is 0 Å². The zero-order chi connectivity index (χ0) is 9.84. The van der Waals surface area contributed by atoms with E-state index in [1.807, 2.05) is 19.1 Å². The maximum atomic E-state index is 5.78. The molecule has 0 atom stereocenters. The van der Waals surface area contributed by atoms with Gasteiger partial charge in [0.05, 0.1) is 14.9 Å². The first-order chi connectivity index (χ1) is 6.09. The van der Waals surface area contributed by atoms with Gasteiger partial charge in [0.25, 0.3) is 0 Å². The fourth-order valence-electron chi connectivity index (χ4n) is 0.721. The number of nitrogens with zero attached hydrogens (tertiary/aromatic N) is 1. The second-order valence-electron chi connectivity index (χ2n) is 2.66. The quantitative estimate of drug-likeness (QED) is 0.670. The molecule has 13 heavy (non-hydrogen) atoms. The monoisotopic (exact) mass is 211 g/mol. The molecule has 0 fully saturated rings. The second kappa shape index (κ2) is 4.40. The molecule has 0 aromatic carbocycles. The lowest BCUT2D eigenvalue weighted by molar-refractivity contribution is 1.57. The van der Waals surface area contributed by atoms with E-state index in [4.69, 9.17) is 11.6 Å². The zero-order valence-electron chi connectivity index (χ0n) is 7.38. The van der Waals surface area contributed by atoms with Crippen LogP contribution in [0.5, 0.6) is 0 Å². The number of thiophene rings is 1. The van der Waals surface area contributed by atoms with Crippen molar-refractivity contribution < 1.29 is 0 Å². The van der Waals surface area contributed by atoms with Crippen molar-refractivity contribution in [2.24, 2.45) is 4.99 Å². The normalized spacial score (nSPS) is 10.6. The Balaban J connectivity index is 2.75. The molecule has 0 aliphatic rings. The lowest BCUT2D eigenvalue weighted by Gasteiger charge is -1.93. The number of rotatable bonds is 3. The van der Waals surface area contributed by atoms with Crippen LogP contribution in [0, 0.1) is 0 Å². The average molecular weight is 212 g/mol. The Kier molecular flexibility index (Phi) is 3.46. The van der Waals surface area contributed by atoms with E-state index in [0.717, 1.165) is 20.5 Å². The largest absolute Gasteiger partial charge is 0.256 e. The molecule has 3 heteroatoms. The summed E-state index contributed by atoms with van der Waals surface area (Å²) in [5.41, 5.74) is 1.63. The SMILES string of the molecule is C=C(C)C=NC(=C)c1ccc(Cl)s1. The van der Waals surface area contributed by atoms with Crippen molar-refractivity contribution in [1.82, 2.24) is 0 Å². The van der Waals surface area contributed by atoms with Crippen LogP contribution in [0.15, 0.2) is 35.9 Å². The van der Waals surface area contributed by atoms with Crippen molar-refractivity contribution in [1.29, 1.82) is 0 Å². The van der Waals surface area contributed by atoms with Crippen molar-refractivity contribution in [2.75, 3.05) is 0 Å². The van der Waals surface area contributed by atoms with Gasteiger partial charge in [0, 0.05) is 6.21 Å². The fourth-order valence-corrected chi connectivity index (χ4v) is 1.69. The molecule has 0 radical (unpaired) electrons. The van der Waals surface area contributed by atoms with Crippen molar-refractivity contribution in [3.8, 4) is 0 Å². The molecule has 1 aromatic heterocycles. The van der Waals surface area contributed by atoms with Crippen LogP contribution < -0.4 is 0 Å². The van der Waals surface area contributed by atoms with Gasteiger partial charge in [0.15, 0.2) is 0 Å². The third kappa shape index (κ3) is 3.17. The molecule has 1 heterocycles. The summed E-state index contributed by atoms with van der Waals surface area (Å²) in [5.74, 6) is 0. The first-order valence-corrected chi connectivity index (χ1v) is 4.93. The summed E-state index contributed by atoms with van der Waals surface area (Å²) in [7, 11) is 0. The molecule has 0 amide bonds. The molecule has 1 aromatic rings. The standard InChI is InChI=1S/C10H10ClNS/c1-7(2)6-12-8(3)9-4-5-10(11)13-9/h4-6H,1,3H2,2H3. The van der Waals surface area contributed by atoms with Gasteiger partial charge in [-0.1, -0.05) is 24.8 Å². The summed E-state index contributed by atoms with van der Waals surface area (Å²) < 4.78 is 0.752. The molecule has 0 unspecified atom stereocenters. The highest BCUT2D eigenvalue weighted by atomic mass is 35.5. The maximum Gasteiger partial charge on any atom is 0.0935 e. The van der Waals surface area contributed by atoms with Crippen LogP contribution in [0.25, 0.3) is 5.70 Å². The van der Waals surface area contributed by atoms with E-state index in [1.54, 1.807) is 6.21 Å². The molecule has 0 bridgehead atoms. The van der Waals surface area contributed by atoms with Crippen LogP contribution in [-0.2, 0) is 0 Å². The molecular weight excluding hydrogens is 202 g/mol. The highest BCUT2D eigenvalue weighted by Crippen LogP contribution is 2.27. The molecule has 1 nitrogen and oxygen atoms in total. The molecule has 0 aliphatic heterocycles. The predicted molar refractivity (Wildman–Crippen MR) is 61.7 cm³/mol. The Morgan fingerprint density at radius 1 is 1.54 bits per heavy atom. The number of halogens is 1. The van der Waals surface area contributed by atoms with E-state index in [-0.39, 0.29) is 0 Å². The van der Waals surface area contributed by atoms with Crippen molar-refractivity contribution in [3.63, 3.8) is 0 Å². The van der Waals surface area contributed by atoms with Gasteiger partial charge in [-0.15, -0.1) is 11.3 Å². The number of aliphatic imine (C=N–C) groups is 1.